The number of nitrogens with zero attached hydrogens (tertiary/aromatic N) is 2. The molecule has 0 radical (unpaired) electrons. The molecule has 2 aromatic rings. The molecule has 0 aliphatic heterocycles. The van der Waals surface area contributed by atoms with E-state index in [0.717, 1.165) is 11.3 Å². The molecular weight excluding hydrogens is 310 g/mol. The molecular formula is C14H16F2N4OS. The zero-order valence-electron chi connectivity index (χ0n) is 12.1. The molecule has 0 saturated carbocycles. The highest BCUT2D eigenvalue weighted by atomic mass is 32.1. The molecule has 0 bridgehead atoms. The largest absolute Gasteiger partial charge is 0.433 e. The quantitative estimate of drug-likeness (QED) is 0.828. The SMILES string of the molecule is Cc1ccc(NC(=S)NCc2ccnn2C)c(OC(F)F)c1. The van der Waals surface area contributed by atoms with E-state index in [0.29, 0.717) is 17.3 Å². The van der Waals surface area contributed by atoms with Gasteiger partial charge in [0.15, 0.2) is 5.11 Å². The Kier molecular flexibility index (Phi) is 5.26. The van der Waals surface area contributed by atoms with Crippen LogP contribution in [-0.4, -0.2) is 21.5 Å². The van der Waals surface area contributed by atoms with Gasteiger partial charge in [0, 0.05) is 13.2 Å². The van der Waals surface area contributed by atoms with Gasteiger partial charge in [0.1, 0.15) is 5.75 Å². The third-order valence-corrected chi connectivity index (χ3v) is 3.20. The van der Waals surface area contributed by atoms with Crippen LogP contribution in [0.4, 0.5) is 14.5 Å². The van der Waals surface area contributed by atoms with Crippen LogP contribution in [-0.2, 0) is 13.6 Å². The van der Waals surface area contributed by atoms with Gasteiger partial charge in [0.05, 0.1) is 17.9 Å². The Labute approximate surface area is 132 Å². The summed E-state index contributed by atoms with van der Waals surface area (Å²) in [5.41, 5.74) is 2.14. The van der Waals surface area contributed by atoms with Gasteiger partial charge >= 0.3 is 6.61 Å². The topological polar surface area (TPSA) is 51.1 Å². The van der Waals surface area contributed by atoms with Crippen LogP contribution in [0.1, 0.15) is 11.3 Å². The Morgan fingerprint density at radius 2 is 2.18 bits per heavy atom. The van der Waals surface area contributed by atoms with Crippen LogP contribution in [0.15, 0.2) is 30.5 Å². The van der Waals surface area contributed by atoms with E-state index in [1.165, 1.54) is 6.07 Å². The number of nitrogens with one attached hydrogen (secondary N) is 2. The summed E-state index contributed by atoms with van der Waals surface area (Å²) in [6, 6.07) is 6.81. The standard InChI is InChI=1S/C14H16F2N4OS/c1-9-3-4-11(12(7-9)21-13(15)16)19-14(22)17-8-10-5-6-18-20(10)2/h3-7,13H,8H2,1-2H3,(H2,17,19,22). The number of rotatable bonds is 5. The number of aryl methyl sites for hydroxylation is 2. The van der Waals surface area contributed by atoms with Gasteiger partial charge in [0.25, 0.3) is 0 Å². The van der Waals surface area contributed by atoms with Crippen LogP contribution >= 0.6 is 12.2 Å². The molecule has 0 fully saturated rings. The summed E-state index contributed by atoms with van der Waals surface area (Å²) in [7, 11) is 1.82. The molecule has 2 rings (SSSR count). The minimum Gasteiger partial charge on any atom is -0.433 e. The molecule has 5 nitrogen and oxygen atoms in total. The lowest BCUT2D eigenvalue weighted by Gasteiger charge is -2.15. The number of anilines is 1. The maximum Gasteiger partial charge on any atom is 0.387 e. The summed E-state index contributed by atoms with van der Waals surface area (Å²) in [6.45, 7) is -0.626. The smallest absolute Gasteiger partial charge is 0.387 e. The zero-order valence-corrected chi connectivity index (χ0v) is 13.0. The summed E-state index contributed by atoms with van der Waals surface area (Å²) in [4.78, 5) is 0. The first-order chi connectivity index (χ1) is 10.5. The first kappa shape index (κ1) is 16.2. The molecule has 0 amide bonds. The Balaban J connectivity index is 2.00. The highest BCUT2D eigenvalue weighted by Crippen LogP contribution is 2.27. The number of benzene rings is 1. The van der Waals surface area contributed by atoms with Crippen LogP contribution in [0.2, 0.25) is 0 Å². The Morgan fingerprint density at radius 3 is 2.82 bits per heavy atom. The molecule has 1 heterocycles. The monoisotopic (exact) mass is 326 g/mol. The average Bonchev–Trinajstić information content (AvgIpc) is 2.84. The number of hydrogen-bond donors (Lipinski definition) is 2. The van der Waals surface area contributed by atoms with Crippen molar-refractivity contribution >= 4 is 23.0 Å². The fraction of sp³-hybridized carbons (Fsp3) is 0.286. The van der Waals surface area contributed by atoms with E-state index in [2.05, 4.69) is 20.5 Å². The van der Waals surface area contributed by atoms with Gasteiger partial charge in [-0.25, -0.2) is 0 Å². The molecule has 0 aliphatic rings. The van der Waals surface area contributed by atoms with Crippen molar-refractivity contribution in [3.63, 3.8) is 0 Å². The molecule has 2 N–H and O–H groups in total. The average molecular weight is 326 g/mol. The molecule has 0 spiro atoms. The number of hydrogen-bond acceptors (Lipinski definition) is 3. The van der Waals surface area contributed by atoms with E-state index in [-0.39, 0.29) is 5.75 Å². The van der Waals surface area contributed by atoms with E-state index in [1.54, 1.807) is 29.9 Å². The molecule has 0 aliphatic carbocycles. The van der Waals surface area contributed by atoms with Gasteiger partial charge in [-0.3, -0.25) is 4.68 Å². The fourth-order valence-electron chi connectivity index (χ4n) is 1.84. The van der Waals surface area contributed by atoms with Crippen molar-refractivity contribution in [3.8, 4) is 5.75 Å². The molecule has 22 heavy (non-hydrogen) atoms. The predicted molar refractivity (Wildman–Crippen MR) is 84.1 cm³/mol. The van der Waals surface area contributed by atoms with E-state index in [9.17, 15) is 8.78 Å². The van der Waals surface area contributed by atoms with Crippen molar-refractivity contribution in [2.75, 3.05) is 5.32 Å². The van der Waals surface area contributed by atoms with Crippen molar-refractivity contribution in [2.45, 2.75) is 20.1 Å². The first-order valence-corrected chi connectivity index (χ1v) is 6.93. The molecule has 0 unspecified atom stereocenters. The van der Waals surface area contributed by atoms with E-state index in [4.69, 9.17) is 12.2 Å². The molecule has 8 heteroatoms. The van der Waals surface area contributed by atoms with Crippen molar-refractivity contribution < 1.29 is 13.5 Å². The third-order valence-electron chi connectivity index (χ3n) is 2.95. The molecule has 118 valence electrons. The number of thiocarbonyl (C=S) groups is 1. The van der Waals surface area contributed by atoms with Crippen LogP contribution < -0.4 is 15.4 Å². The van der Waals surface area contributed by atoms with Crippen molar-refractivity contribution in [1.82, 2.24) is 15.1 Å². The maximum atomic E-state index is 12.4. The normalized spacial score (nSPS) is 10.6. The lowest BCUT2D eigenvalue weighted by atomic mass is 10.2. The lowest BCUT2D eigenvalue weighted by Crippen LogP contribution is -2.29. The van der Waals surface area contributed by atoms with Gasteiger partial charge in [0.2, 0.25) is 0 Å². The lowest BCUT2D eigenvalue weighted by molar-refractivity contribution is -0.0493. The zero-order chi connectivity index (χ0) is 16.1. The number of halogens is 2. The maximum absolute atomic E-state index is 12.4. The van der Waals surface area contributed by atoms with Crippen molar-refractivity contribution in [3.05, 3.63) is 41.7 Å². The van der Waals surface area contributed by atoms with E-state index in [1.807, 2.05) is 13.1 Å². The highest BCUT2D eigenvalue weighted by Gasteiger charge is 2.11. The second-order valence-electron chi connectivity index (χ2n) is 4.63. The Hall–Kier alpha value is -2.22. The van der Waals surface area contributed by atoms with Gasteiger partial charge in [-0.1, -0.05) is 6.07 Å². The summed E-state index contributed by atoms with van der Waals surface area (Å²) in [6.07, 6.45) is 1.68. The van der Waals surface area contributed by atoms with Crippen LogP contribution in [0.5, 0.6) is 5.75 Å². The van der Waals surface area contributed by atoms with Gasteiger partial charge < -0.3 is 15.4 Å². The minimum absolute atomic E-state index is 0.0553. The Morgan fingerprint density at radius 1 is 1.41 bits per heavy atom. The second kappa shape index (κ2) is 7.17. The van der Waals surface area contributed by atoms with Gasteiger partial charge in [-0.05, 0) is 42.9 Å². The fourth-order valence-corrected chi connectivity index (χ4v) is 2.02. The van der Waals surface area contributed by atoms with Gasteiger partial charge in [-0.15, -0.1) is 0 Å². The number of alkyl halides is 2. The van der Waals surface area contributed by atoms with E-state index < -0.39 is 6.61 Å². The molecule has 1 aromatic heterocycles. The minimum atomic E-state index is -2.89. The van der Waals surface area contributed by atoms with Crippen LogP contribution in [0, 0.1) is 6.92 Å². The third kappa shape index (κ3) is 4.39. The second-order valence-corrected chi connectivity index (χ2v) is 5.04. The number of aromatic nitrogens is 2. The van der Waals surface area contributed by atoms with Crippen LogP contribution in [0.3, 0.4) is 0 Å². The highest BCUT2D eigenvalue weighted by molar-refractivity contribution is 7.80. The first-order valence-electron chi connectivity index (χ1n) is 6.53. The summed E-state index contributed by atoms with van der Waals surface area (Å²) >= 11 is 5.16. The summed E-state index contributed by atoms with van der Waals surface area (Å²) in [5, 5.41) is 10.2. The van der Waals surface area contributed by atoms with E-state index >= 15 is 0 Å². The summed E-state index contributed by atoms with van der Waals surface area (Å²) < 4.78 is 31.1. The predicted octanol–water partition coefficient (Wildman–Crippen LogP) is 2.82. The number of ether oxygens (including phenoxy) is 1. The molecule has 0 atom stereocenters. The van der Waals surface area contributed by atoms with Gasteiger partial charge in [-0.2, -0.15) is 13.9 Å². The molecule has 1 aromatic carbocycles. The van der Waals surface area contributed by atoms with Crippen molar-refractivity contribution in [2.24, 2.45) is 7.05 Å². The Bertz CT molecular complexity index is 660. The van der Waals surface area contributed by atoms with Crippen molar-refractivity contribution in [1.29, 1.82) is 0 Å². The van der Waals surface area contributed by atoms with Crippen LogP contribution in [0.25, 0.3) is 0 Å². The molecule has 0 saturated heterocycles. The summed E-state index contributed by atoms with van der Waals surface area (Å²) in [5.74, 6) is 0.0553.